The summed E-state index contributed by atoms with van der Waals surface area (Å²) in [5.74, 6) is -1.80. The number of amides is 2. The highest BCUT2D eigenvalue weighted by Crippen LogP contribution is 2.29. The zero-order valence-corrected chi connectivity index (χ0v) is 19.3. The van der Waals surface area contributed by atoms with E-state index < -0.39 is 24.4 Å². The molecular weight excluding hydrogens is 472 g/mol. The Balaban J connectivity index is 1.56. The molecule has 0 unspecified atom stereocenters. The van der Waals surface area contributed by atoms with Gasteiger partial charge in [-0.2, -0.15) is 0 Å². The van der Waals surface area contributed by atoms with Gasteiger partial charge in [0, 0.05) is 33.8 Å². The summed E-state index contributed by atoms with van der Waals surface area (Å²) in [7, 11) is 0. The monoisotopic (exact) mass is 492 g/mol. The molecule has 2 amide bonds. The third kappa shape index (κ3) is 5.02. The van der Waals surface area contributed by atoms with Crippen molar-refractivity contribution >= 4 is 56.7 Å². The minimum Gasteiger partial charge on any atom is -0.455 e. The van der Waals surface area contributed by atoms with Crippen LogP contribution in [0.1, 0.15) is 23.1 Å². The number of nitrogens with one attached hydrogen (secondary N) is 1. The van der Waals surface area contributed by atoms with E-state index >= 15 is 0 Å². The summed E-state index contributed by atoms with van der Waals surface area (Å²) < 4.78 is 6.12. The minimum absolute atomic E-state index is 0.0387. The van der Waals surface area contributed by atoms with E-state index in [1.165, 1.54) is 4.90 Å². The van der Waals surface area contributed by atoms with Crippen molar-refractivity contribution in [2.75, 3.05) is 23.4 Å². The Labute approximate surface area is 188 Å². The molecule has 1 fully saturated rings. The van der Waals surface area contributed by atoms with Gasteiger partial charge in [-0.3, -0.25) is 14.4 Å². The second kappa shape index (κ2) is 9.18. The second-order valence-electron chi connectivity index (χ2n) is 7.41. The molecule has 0 aliphatic carbocycles. The van der Waals surface area contributed by atoms with E-state index in [4.69, 9.17) is 16.3 Å². The van der Waals surface area contributed by atoms with E-state index in [9.17, 15) is 14.4 Å². The van der Waals surface area contributed by atoms with Crippen LogP contribution in [0.4, 0.5) is 11.4 Å². The fraction of sp³-hybridized carbons (Fsp3) is 0.318. The van der Waals surface area contributed by atoms with E-state index in [2.05, 4.69) is 21.2 Å². The molecule has 2 aromatic carbocycles. The smallest absolute Gasteiger partial charge is 0.311 e. The third-order valence-electron chi connectivity index (χ3n) is 5.05. The van der Waals surface area contributed by atoms with Crippen LogP contribution in [-0.2, 0) is 19.1 Å². The van der Waals surface area contributed by atoms with Crippen LogP contribution in [0.15, 0.2) is 34.8 Å². The van der Waals surface area contributed by atoms with Crippen molar-refractivity contribution < 1.29 is 19.1 Å². The zero-order chi connectivity index (χ0) is 22.0. The first-order chi connectivity index (χ1) is 14.2. The molecule has 8 heteroatoms. The lowest BCUT2D eigenvalue weighted by Gasteiger charge is -2.17. The number of ether oxygens (including phenoxy) is 1. The number of hydrogen-bond donors (Lipinski definition) is 1. The molecule has 1 aliphatic heterocycles. The van der Waals surface area contributed by atoms with Gasteiger partial charge in [0.1, 0.15) is 0 Å². The Morgan fingerprint density at radius 2 is 1.90 bits per heavy atom. The summed E-state index contributed by atoms with van der Waals surface area (Å²) in [6.07, 6.45) is 0.0387. The number of benzene rings is 2. The number of rotatable bonds is 5. The Kier molecular flexibility index (Phi) is 6.83. The fourth-order valence-electron chi connectivity index (χ4n) is 3.22. The van der Waals surface area contributed by atoms with Gasteiger partial charge in [-0.05, 0) is 61.7 Å². The summed E-state index contributed by atoms with van der Waals surface area (Å²) in [6, 6.07) is 9.08. The predicted molar refractivity (Wildman–Crippen MR) is 120 cm³/mol. The summed E-state index contributed by atoms with van der Waals surface area (Å²) in [5, 5.41) is 3.31. The van der Waals surface area contributed by atoms with Gasteiger partial charge in [0.25, 0.3) is 5.91 Å². The number of nitrogens with zero attached hydrogens (tertiary/aromatic N) is 1. The molecule has 0 spiro atoms. The summed E-state index contributed by atoms with van der Waals surface area (Å²) >= 11 is 9.59. The molecule has 0 bridgehead atoms. The quantitative estimate of drug-likeness (QED) is 0.620. The normalized spacial score (nSPS) is 16.0. The van der Waals surface area contributed by atoms with Crippen LogP contribution >= 0.6 is 27.5 Å². The Morgan fingerprint density at radius 3 is 2.60 bits per heavy atom. The maximum absolute atomic E-state index is 12.4. The molecule has 30 heavy (non-hydrogen) atoms. The van der Waals surface area contributed by atoms with Gasteiger partial charge in [0.2, 0.25) is 5.91 Å². The number of carbonyl (C=O) groups excluding carboxylic acids is 3. The van der Waals surface area contributed by atoms with Gasteiger partial charge in [-0.1, -0.05) is 33.6 Å². The first-order valence-corrected chi connectivity index (χ1v) is 10.6. The van der Waals surface area contributed by atoms with Crippen molar-refractivity contribution in [2.45, 2.75) is 27.2 Å². The van der Waals surface area contributed by atoms with Crippen molar-refractivity contribution in [1.82, 2.24) is 0 Å². The van der Waals surface area contributed by atoms with Gasteiger partial charge in [0.15, 0.2) is 6.61 Å². The molecule has 0 aromatic heterocycles. The van der Waals surface area contributed by atoms with Gasteiger partial charge in [0.05, 0.1) is 5.92 Å². The lowest BCUT2D eigenvalue weighted by atomic mass is 10.1. The summed E-state index contributed by atoms with van der Waals surface area (Å²) in [4.78, 5) is 38.5. The highest BCUT2D eigenvalue weighted by molar-refractivity contribution is 9.10. The maximum atomic E-state index is 12.4. The highest BCUT2D eigenvalue weighted by atomic mass is 79.9. The van der Waals surface area contributed by atoms with Gasteiger partial charge >= 0.3 is 5.97 Å². The Morgan fingerprint density at radius 1 is 1.17 bits per heavy atom. The lowest BCUT2D eigenvalue weighted by molar-refractivity contribution is -0.151. The van der Waals surface area contributed by atoms with Crippen LogP contribution in [0.5, 0.6) is 0 Å². The van der Waals surface area contributed by atoms with Gasteiger partial charge < -0.3 is 15.0 Å². The molecule has 3 rings (SSSR count). The van der Waals surface area contributed by atoms with Gasteiger partial charge in [-0.15, -0.1) is 0 Å². The average Bonchev–Trinajstić information content (AvgIpc) is 3.08. The molecule has 158 valence electrons. The standard InChI is InChI=1S/C22H22BrClN2O4/c1-12-4-5-16(9-18(12)24)26-10-15(8-21(26)28)22(29)30-11-20(27)25-19-7-13(2)17(23)6-14(19)3/h4-7,9,15H,8,10-11H2,1-3H3,(H,25,27)/t15-/m1/s1. The van der Waals surface area contributed by atoms with E-state index in [0.29, 0.717) is 16.4 Å². The minimum atomic E-state index is -0.623. The van der Waals surface area contributed by atoms with Crippen LogP contribution < -0.4 is 10.2 Å². The number of halogens is 2. The van der Waals surface area contributed by atoms with Crippen molar-refractivity contribution in [1.29, 1.82) is 0 Å². The lowest BCUT2D eigenvalue weighted by Crippen LogP contribution is -2.28. The Hall–Kier alpha value is -2.38. The molecule has 1 aliphatic rings. The topological polar surface area (TPSA) is 75.7 Å². The van der Waals surface area contributed by atoms with Crippen LogP contribution in [0.2, 0.25) is 5.02 Å². The van der Waals surface area contributed by atoms with E-state index in [1.54, 1.807) is 12.1 Å². The van der Waals surface area contributed by atoms with E-state index in [-0.39, 0.29) is 18.9 Å². The van der Waals surface area contributed by atoms with Crippen molar-refractivity contribution in [3.63, 3.8) is 0 Å². The second-order valence-corrected chi connectivity index (χ2v) is 8.67. The van der Waals surface area contributed by atoms with E-state index in [1.807, 2.05) is 39.0 Å². The summed E-state index contributed by atoms with van der Waals surface area (Å²) in [5.41, 5.74) is 4.08. The van der Waals surface area contributed by atoms with Crippen LogP contribution in [-0.4, -0.2) is 30.9 Å². The van der Waals surface area contributed by atoms with Crippen LogP contribution in [0.3, 0.4) is 0 Å². The number of anilines is 2. The van der Waals surface area contributed by atoms with Crippen molar-refractivity contribution in [2.24, 2.45) is 5.92 Å². The molecule has 0 saturated carbocycles. The number of carbonyl (C=O) groups is 3. The molecule has 1 saturated heterocycles. The maximum Gasteiger partial charge on any atom is 0.311 e. The number of hydrogen-bond acceptors (Lipinski definition) is 4. The molecule has 0 radical (unpaired) electrons. The number of esters is 1. The molecule has 1 N–H and O–H groups in total. The Bertz CT molecular complexity index is 1020. The molecule has 1 heterocycles. The average molecular weight is 494 g/mol. The molecule has 2 aromatic rings. The fourth-order valence-corrected chi connectivity index (χ4v) is 3.85. The molecule has 1 atom stereocenters. The first-order valence-electron chi connectivity index (χ1n) is 9.45. The van der Waals surface area contributed by atoms with Crippen molar-refractivity contribution in [3.05, 3.63) is 56.5 Å². The highest BCUT2D eigenvalue weighted by Gasteiger charge is 2.36. The van der Waals surface area contributed by atoms with Gasteiger partial charge in [-0.25, -0.2) is 0 Å². The summed E-state index contributed by atoms with van der Waals surface area (Å²) in [6.45, 7) is 5.46. The molecular formula is C22H22BrClN2O4. The third-order valence-corrected chi connectivity index (χ3v) is 6.31. The zero-order valence-electron chi connectivity index (χ0n) is 16.9. The molecule has 6 nitrogen and oxygen atoms in total. The van der Waals surface area contributed by atoms with Crippen molar-refractivity contribution in [3.8, 4) is 0 Å². The van der Waals surface area contributed by atoms with E-state index in [0.717, 1.165) is 21.2 Å². The predicted octanol–water partition coefficient (Wildman–Crippen LogP) is 4.56. The number of aryl methyl sites for hydroxylation is 3. The SMILES string of the molecule is Cc1ccc(N2C[C@H](C(=O)OCC(=O)Nc3cc(C)c(Br)cc3C)CC2=O)cc1Cl. The largest absolute Gasteiger partial charge is 0.455 e. The van der Waals surface area contributed by atoms with Crippen LogP contribution in [0, 0.1) is 26.7 Å². The first kappa shape index (κ1) is 22.3. The van der Waals surface area contributed by atoms with Crippen LogP contribution in [0.25, 0.3) is 0 Å².